The Balaban J connectivity index is 2.62. The van der Waals surface area contributed by atoms with E-state index >= 15 is 0 Å². The van der Waals surface area contributed by atoms with Gasteiger partial charge in [0.15, 0.2) is 5.78 Å². The number of Topliss-reactive ketones (excluding diaryl/α,β-unsaturated/α-hetero) is 1. The van der Waals surface area contributed by atoms with Crippen LogP contribution in [-0.4, -0.2) is 16.6 Å². The van der Waals surface area contributed by atoms with Gasteiger partial charge in [0.1, 0.15) is 5.84 Å². The summed E-state index contributed by atoms with van der Waals surface area (Å²) in [7, 11) is 0. The molecule has 0 atom stereocenters. The number of fused-ring (bicyclic) bond motifs is 1. The third kappa shape index (κ3) is 0.972. The van der Waals surface area contributed by atoms with Crippen LogP contribution in [0.5, 0.6) is 0 Å². The molecule has 1 aliphatic heterocycles. The van der Waals surface area contributed by atoms with Gasteiger partial charge < -0.3 is 5.73 Å². The molecule has 0 saturated heterocycles. The number of pyridine rings is 1. The first-order valence-electron chi connectivity index (χ1n) is 3.57. The summed E-state index contributed by atoms with van der Waals surface area (Å²) in [6.07, 6.45) is 3.32. The molecule has 12 heavy (non-hydrogen) atoms. The second-order valence-corrected chi connectivity index (χ2v) is 2.60. The first kappa shape index (κ1) is 6.97. The number of aliphatic imine (C=N–C) groups is 1. The van der Waals surface area contributed by atoms with E-state index in [-0.39, 0.29) is 12.2 Å². The lowest BCUT2D eigenvalue weighted by Crippen LogP contribution is -2.20. The first-order chi connectivity index (χ1) is 5.77. The van der Waals surface area contributed by atoms with Crippen LogP contribution in [-0.2, 0) is 0 Å². The molecule has 2 N–H and O–H groups in total. The van der Waals surface area contributed by atoms with E-state index in [0.717, 1.165) is 0 Å². The minimum absolute atomic E-state index is 0.00870. The van der Waals surface area contributed by atoms with Gasteiger partial charge in [-0.05, 0) is 6.07 Å². The second kappa shape index (κ2) is 2.41. The van der Waals surface area contributed by atoms with Crippen LogP contribution < -0.4 is 5.73 Å². The van der Waals surface area contributed by atoms with Crippen molar-refractivity contribution >= 4 is 17.3 Å². The zero-order chi connectivity index (χ0) is 8.55. The molecular formula is C8H7N3O. The largest absolute Gasteiger partial charge is 0.387 e. The number of nitrogens with zero attached hydrogens (tertiary/aromatic N) is 2. The third-order valence-electron chi connectivity index (χ3n) is 1.70. The van der Waals surface area contributed by atoms with Crippen LogP contribution >= 0.6 is 0 Å². The molecule has 1 aliphatic rings. The quantitative estimate of drug-likeness (QED) is 0.607. The minimum Gasteiger partial charge on any atom is -0.387 e. The van der Waals surface area contributed by atoms with Crippen LogP contribution in [0.1, 0.15) is 16.8 Å². The summed E-state index contributed by atoms with van der Waals surface area (Å²) >= 11 is 0. The van der Waals surface area contributed by atoms with Gasteiger partial charge in [-0.15, -0.1) is 0 Å². The third-order valence-corrected chi connectivity index (χ3v) is 1.70. The Kier molecular flexibility index (Phi) is 1.40. The second-order valence-electron chi connectivity index (χ2n) is 2.60. The number of ketones is 1. The van der Waals surface area contributed by atoms with Crippen molar-refractivity contribution in [1.29, 1.82) is 0 Å². The maximum absolute atomic E-state index is 11.3. The molecule has 0 fully saturated rings. The zero-order valence-electron chi connectivity index (χ0n) is 6.32. The molecule has 4 nitrogen and oxygen atoms in total. The van der Waals surface area contributed by atoms with Crippen LogP contribution in [0.25, 0.3) is 0 Å². The minimum atomic E-state index is -0.00870. The van der Waals surface area contributed by atoms with Gasteiger partial charge in [-0.1, -0.05) is 0 Å². The van der Waals surface area contributed by atoms with E-state index in [1.54, 1.807) is 12.3 Å². The summed E-state index contributed by atoms with van der Waals surface area (Å²) in [6.45, 7) is 0. The number of aromatic nitrogens is 1. The van der Waals surface area contributed by atoms with E-state index in [0.29, 0.717) is 17.1 Å². The number of rotatable bonds is 0. The SMILES string of the molecule is NC1=Nc2ccncc2C(=O)C1. The normalized spacial score (nSPS) is 15.3. The fourth-order valence-electron chi connectivity index (χ4n) is 1.15. The van der Waals surface area contributed by atoms with E-state index < -0.39 is 0 Å². The Hall–Kier alpha value is -1.71. The summed E-state index contributed by atoms with van der Waals surface area (Å²) < 4.78 is 0. The average Bonchev–Trinajstić information content (AvgIpc) is 2.04. The van der Waals surface area contributed by atoms with Gasteiger partial charge in [0, 0.05) is 12.4 Å². The monoisotopic (exact) mass is 161 g/mol. The molecule has 0 unspecified atom stereocenters. The van der Waals surface area contributed by atoms with E-state index in [1.807, 2.05) is 0 Å². The van der Waals surface area contributed by atoms with Gasteiger partial charge in [-0.25, -0.2) is 4.99 Å². The first-order valence-corrected chi connectivity index (χ1v) is 3.57. The molecule has 1 aromatic heterocycles. The number of hydrogen-bond acceptors (Lipinski definition) is 4. The smallest absolute Gasteiger partial charge is 0.174 e. The summed E-state index contributed by atoms with van der Waals surface area (Å²) in [4.78, 5) is 19.2. The van der Waals surface area contributed by atoms with Crippen LogP contribution in [0.2, 0.25) is 0 Å². The highest BCUT2D eigenvalue weighted by atomic mass is 16.1. The van der Waals surface area contributed by atoms with Gasteiger partial charge in [0.05, 0.1) is 17.7 Å². The Bertz CT molecular complexity index is 370. The summed E-state index contributed by atoms with van der Waals surface area (Å²) in [5.74, 6) is 0.365. The Labute approximate surface area is 69.1 Å². The molecule has 0 saturated carbocycles. The van der Waals surface area contributed by atoms with E-state index in [2.05, 4.69) is 9.98 Å². The van der Waals surface area contributed by atoms with E-state index in [1.165, 1.54) is 6.20 Å². The van der Waals surface area contributed by atoms with Crippen LogP contribution in [0.15, 0.2) is 23.5 Å². The van der Waals surface area contributed by atoms with Gasteiger partial charge in [0.25, 0.3) is 0 Å². The molecular weight excluding hydrogens is 154 g/mol. The molecule has 0 spiro atoms. The highest BCUT2D eigenvalue weighted by molar-refractivity contribution is 6.14. The van der Waals surface area contributed by atoms with Crippen molar-refractivity contribution in [2.75, 3.05) is 0 Å². The predicted octanol–water partition coefficient (Wildman–Crippen LogP) is 0.657. The Morgan fingerprint density at radius 3 is 3.17 bits per heavy atom. The van der Waals surface area contributed by atoms with Crippen molar-refractivity contribution in [2.24, 2.45) is 10.7 Å². The highest BCUT2D eigenvalue weighted by Crippen LogP contribution is 2.22. The lowest BCUT2D eigenvalue weighted by atomic mass is 10.1. The fraction of sp³-hybridized carbons (Fsp3) is 0.125. The van der Waals surface area contributed by atoms with Crippen molar-refractivity contribution < 1.29 is 4.79 Å². The summed E-state index contributed by atoms with van der Waals surface area (Å²) in [5.41, 5.74) is 6.63. The number of nitrogens with two attached hydrogens (primary N) is 1. The van der Waals surface area contributed by atoms with E-state index in [4.69, 9.17) is 5.73 Å². The molecule has 0 aromatic carbocycles. The Morgan fingerprint density at radius 2 is 2.33 bits per heavy atom. The summed E-state index contributed by atoms with van der Waals surface area (Å²) in [5, 5.41) is 0. The van der Waals surface area contributed by atoms with Crippen molar-refractivity contribution in [3.8, 4) is 0 Å². The molecule has 2 rings (SSSR count). The van der Waals surface area contributed by atoms with Gasteiger partial charge in [0.2, 0.25) is 0 Å². The maximum Gasteiger partial charge on any atom is 0.174 e. The molecule has 2 heterocycles. The number of amidine groups is 1. The van der Waals surface area contributed by atoms with Gasteiger partial charge in [-0.3, -0.25) is 9.78 Å². The highest BCUT2D eigenvalue weighted by Gasteiger charge is 2.17. The predicted molar refractivity (Wildman–Crippen MR) is 44.5 cm³/mol. The lowest BCUT2D eigenvalue weighted by molar-refractivity contribution is 0.0999. The lowest BCUT2D eigenvalue weighted by Gasteiger charge is -2.09. The van der Waals surface area contributed by atoms with E-state index in [9.17, 15) is 4.79 Å². The van der Waals surface area contributed by atoms with Gasteiger partial charge in [-0.2, -0.15) is 0 Å². The zero-order valence-corrected chi connectivity index (χ0v) is 6.32. The average molecular weight is 161 g/mol. The standard InChI is InChI=1S/C8H7N3O/c9-8-3-7(12)5-4-10-2-1-6(5)11-8/h1-2,4H,3H2,(H2,9,11). The molecule has 0 radical (unpaired) electrons. The molecule has 4 heteroatoms. The topological polar surface area (TPSA) is 68.3 Å². The molecule has 1 aromatic rings. The Morgan fingerprint density at radius 1 is 1.50 bits per heavy atom. The van der Waals surface area contributed by atoms with Crippen LogP contribution in [0.4, 0.5) is 5.69 Å². The van der Waals surface area contributed by atoms with Crippen molar-refractivity contribution in [3.05, 3.63) is 24.0 Å². The van der Waals surface area contributed by atoms with Crippen molar-refractivity contribution in [1.82, 2.24) is 4.98 Å². The van der Waals surface area contributed by atoms with Crippen LogP contribution in [0, 0.1) is 0 Å². The van der Waals surface area contributed by atoms with Crippen LogP contribution in [0.3, 0.4) is 0 Å². The van der Waals surface area contributed by atoms with Gasteiger partial charge >= 0.3 is 0 Å². The molecule has 0 bridgehead atoms. The van der Waals surface area contributed by atoms with Crippen molar-refractivity contribution in [3.63, 3.8) is 0 Å². The molecule has 0 aliphatic carbocycles. The molecule has 0 amide bonds. The van der Waals surface area contributed by atoms with Crippen molar-refractivity contribution in [2.45, 2.75) is 6.42 Å². The summed E-state index contributed by atoms with van der Waals surface area (Å²) in [6, 6.07) is 1.68. The maximum atomic E-state index is 11.3. The fourth-order valence-corrected chi connectivity index (χ4v) is 1.15. The number of carbonyl (C=O) groups excluding carboxylic acids is 1. The number of hydrogen-bond donors (Lipinski definition) is 1. The number of carbonyl (C=O) groups is 1. The molecule has 60 valence electrons.